The predicted octanol–water partition coefficient (Wildman–Crippen LogP) is 1.37. The monoisotopic (exact) mass is 237 g/mol. The minimum absolute atomic E-state index is 0.276. The van der Waals surface area contributed by atoms with E-state index in [1.807, 2.05) is 11.5 Å². The normalized spacial score (nSPS) is 20.9. The van der Waals surface area contributed by atoms with Crippen LogP contribution in [0, 0.1) is 0 Å². The van der Waals surface area contributed by atoms with E-state index in [1.54, 1.807) is 12.5 Å². The number of aromatic nitrogens is 2. The molecule has 1 unspecified atom stereocenters. The van der Waals surface area contributed by atoms with Crippen molar-refractivity contribution in [3.05, 3.63) is 18.2 Å². The molecule has 0 aliphatic carbocycles. The molecule has 0 spiro atoms. The topological polar surface area (TPSA) is 56.1 Å². The highest BCUT2D eigenvalue weighted by Crippen LogP contribution is 2.21. The van der Waals surface area contributed by atoms with Crippen molar-refractivity contribution in [3.8, 4) is 0 Å². The molecule has 17 heavy (non-hydrogen) atoms. The van der Waals surface area contributed by atoms with Crippen LogP contribution in [0.15, 0.2) is 12.5 Å². The van der Waals surface area contributed by atoms with Crippen LogP contribution >= 0.6 is 0 Å². The number of carbonyl (C=O) groups is 1. The van der Waals surface area contributed by atoms with Gasteiger partial charge in [-0.2, -0.15) is 0 Å². The number of hydrogen-bond donors (Lipinski definition) is 1. The first kappa shape index (κ1) is 12.1. The Labute approximate surface area is 101 Å². The number of carbonyl (C=O) groups excluding carboxylic acids is 1. The zero-order valence-corrected chi connectivity index (χ0v) is 10.2. The van der Waals surface area contributed by atoms with Crippen LogP contribution in [0.3, 0.4) is 0 Å². The number of rotatable bonds is 3. The minimum atomic E-state index is -0.276. The van der Waals surface area contributed by atoms with Crippen molar-refractivity contribution < 1.29 is 9.53 Å². The van der Waals surface area contributed by atoms with Gasteiger partial charge in [0.15, 0.2) is 0 Å². The molecule has 1 saturated heterocycles. The van der Waals surface area contributed by atoms with Gasteiger partial charge in [-0.3, -0.25) is 0 Å². The fourth-order valence-electron chi connectivity index (χ4n) is 2.24. The molecule has 5 nitrogen and oxygen atoms in total. The average Bonchev–Trinajstić information content (AvgIpc) is 2.65. The van der Waals surface area contributed by atoms with Gasteiger partial charge in [-0.25, -0.2) is 9.78 Å². The molecule has 0 amide bonds. The summed E-state index contributed by atoms with van der Waals surface area (Å²) >= 11 is 0. The lowest BCUT2D eigenvalue weighted by atomic mass is 10.1. The van der Waals surface area contributed by atoms with Crippen molar-refractivity contribution in [2.75, 3.05) is 19.7 Å². The standard InChI is InChI=1S/C12H19N3O2/c1-2-17-12(16)11-8-14-9-15(11)10-4-3-6-13-7-5-10/h8-10,13H,2-7H2,1H3. The van der Waals surface area contributed by atoms with Gasteiger partial charge in [-0.15, -0.1) is 0 Å². The highest BCUT2D eigenvalue weighted by atomic mass is 16.5. The van der Waals surface area contributed by atoms with Crippen molar-refractivity contribution in [1.82, 2.24) is 14.9 Å². The van der Waals surface area contributed by atoms with Gasteiger partial charge >= 0.3 is 5.97 Å². The maximum atomic E-state index is 11.8. The average molecular weight is 237 g/mol. The number of hydrogen-bond acceptors (Lipinski definition) is 4. The van der Waals surface area contributed by atoms with Crippen molar-refractivity contribution in [2.24, 2.45) is 0 Å². The first-order chi connectivity index (χ1) is 8.33. The summed E-state index contributed by atoms with van der Waals surface area (Å²) in [5.74, 6) is -0.276. The van der Waals surface area contributed by atoms with E-state index in [2.05, 4.69) is 10.3 Å². The molecule has 2 rings (SSSR count). The predicted molar refractivity (Wildman–Crippen MR) is 63.9 cm³/mol. The molecule has 2 heterocycles. The molecule has 1 N–H and O–H groups in total. The summed E-state index contributed by atoms with van der Waals surface area (Å²) in [7, 11) is 0. The van der Waals surface area contributed by atoms with Gasteiger partial charge in [0.2, 0.25) is 0 Å². The summed E-state index contributed by atoms with van der Waals surface area (Å²) in [6.45, 7) is 4.26. The third kappa shape index (κ3) is 2.85. The lowest BCUT2D eigenvalue weighted by Crippen LogP contribution is -2.18. The summed E-state index contributed by atoms with van der Waals surface area (Å²) in [5.41, 5.74) is 0.568. The molecule has 5 heteroatoms. The smallest absolute Gasteiger partial charge is 0.356 e. The molecular formula is C12H19N3O2. The van der Waals surface area contributed by atoms with Gasteiger partial charge < -0.3 is 14.6 Å². The minimum Gasteiger partial charge on any atom is -0.461 e. The van der Waals surface area contributed by atoms with E-state index >= 15 is 0 Å². The fourth-order valence-corrected chi connectivity index (χ4v) is 2.24. The van der Waals surface area contributed by atoms with Crippen LogP contribution in [0.5, 0.6) is 0 Å². The van der Waals surface area contributed by atoms with Crippen LogP contribution in [0.2, 0.25) is 0 Å². The van der Waals surface area contributed by atoms with Gasteiger partial charge in [0.05, 0.1) is 19.1 Å². The Morgan fingerprint density at radius 3 is 3.29 bits per heavy atom. The van der Waals surface area contributed by atoms with E-state index in [4.69, 9.17) is 4.74 Å². The summed E-state index contributed by atoms with van der Waals surface area (Å²) < 4.78 is 7.00. The molecule has 1 fully saturated rings. The zero-order chi connectivity index (χ0) is 12.1. The molecule has 1 aromatic rings. The second kappa shape index (κ2) is 5.82. The van der Waals surface area contributed by atoms with E-state index in [9.17, 15) is 4.79 Å². The molecule has 0 bridgehead atoms. The summed E-state index contributed by atoms with van der Waals surface area (Å²) in [6, 6.07) is 0.354. The van der Waals surface area contributed by atoms with Crippen LogP contribution in [-0.4, -0.2) is 35.2 Å². The highest BCUT2D eigenvalue weighted by Gasteiger charge is 2.20. The molecule has 0 radical (unpaired) electrons. The van der Waals surface area contributed by atoms with Gasteiger partial charge in [-0.05, 0) is 39.3 Å². The second-order valence-corrected chi connectivity index (χ2v) is 4.24. The van der Waals surface area contributed by atoms with Gasteiger partial charge in [0, 0.05) is 6.04 Å². The fraction of sp³-hybridized carbons (Fsp3) is 0.667. The zero-order valence-electron chi connectivity index (χ0n) is 10.2. The first-order valence-electron chi connectivity index (χ1n) is 6.22. The van der Waals surface area contributed by atoms with Crippen LogP contribution in [0.1, 0.15) is 42.7 Å². The quantitative estimate of drug-likeness (QED) is 0.807. The lowest BCUT2D eigenvalue weighted by molar-refractivity contribution is 0.0510. The molecule has 1 aromatic heterocycles. The van der Waals surface area contributed by atoms with Crippen molar-refractivity contribution >= 4 is 5.97 Å². The Kier molecular flexibility index (Phi) is 4.14. The van der Waals surface area contributed by atoms with Crippen LogP contribution in [0.25, 0.3) is 0 Å². The molecule has 1 aliphatic heterocycles. The summed E-state index contributed by atoms with van der Waals surface area (Å²) in [5, 5.41) is 3.36. The maximum Gasteiger partial charge on any atom is 0.356 e. The third-order valence-electron chi connectivity index (χ3n) is 3.09. The van der Waals surface area contributed by atoms with E-state index in [0.717, 1.165) is 32.4 Å². The Hall–Kier alpha value is -1.36. The molecule has 1 atom stereocenters. The third-order valence-corrected chi connectivity index (χ3v) is 3.09. The molecule has 1 aliphatic rings. The summed E-state index contributed by atoms with van der Waals surface area (Å²) in [6.07, 6.45) is 6.57. The largest absolute Gasteiger partial charge is 0.461 e. The van der Waals surface area contributed by atoms with E-state index < -0.39 is 0 Å². The number of ether oxygens (including phenoxy) is 1. The van der Waals surface area contributed by atoms with Gasteiger partial charge in [0.25, 0.3) is 0 Å². The maximum absolute atomic E-state index is 11.8. The Bertz CT molecular complexity index is 368. The van der Waals surface area contributed by atoms with Gasteiger partial charge in [0.1, 0.15) is 5.69 Å². The Morgan fingerprint density at radius 1 is 1.59 bits per heavy atom. The van der Waals surface area contributed by atoms with E-state index in [1.165, 1.54) is 0 Å². The SMILES string of the molecule is CCOC(=O)c1cncn1C1CCCNCC1. The van der Waals surface area contributed by atoms with E-state index in [-0.39, 0.29) is 5.97 Å². The van der Waals surface area contributed by atoms with Crippen molar-refractivity contribution in [2.45, 2.75) is 32.2 Å². The molecule has 94 valence electrons. The van der Waals surface area contributed by atoms with Crippen LogP contribution < -0.4 is 5.32 Å². The van der Waals surface area contributed by atoms with Crippen molar-refractivity contribution in [3.63, 3.8) is 0 Å². The lowest BCUT2D eigenvalue weighted by Gasteiger charge is -2.17. The highest BCUT2D eigenvalue weighted by molar-refractivity contribution is 5.87. The molecule has 0 aromatic carbocycles. The van der Waals surface area contributed by atoms with Gasteiger partial charge in [-0.1, -0.05) is 0 Å². The second-order valence-electron chi connectivity index (χ2n) is 4.24. The molecular weight excluding hydrogens is 218 g/mol. The van der Waals surface area contributed by atoms with E-state index in [0.29, 0.717) is 18.3 Å². The van der Waals surface area contributed by atoms with Crippen molar-refractivity contribution in [1.29, 1.82) is 0 Å². The number of nitrogens with zero attached hydrogens (tertiary/aromatic N) is 2. The Balaban J connectivity index is 2.14. The Morgan fingerprint density at radius 2 is 2.47 bits per heavy atom. The van der Waals surface area contributed by atoms with Crippen LogP contribution in [0.4, 0.5) is 0 Å². The van der Waals surface area contributed by atoms with Crippen LogP contribution in [-0.2, 0) is 4.74 Å². The number of esters is 1. The first-order valence-corrected chi connectivity index (χ1v) is 6.22. The number of imidazole rings is 1. The summed E-state index contributed by atoms with van der Waals surface area (Å²) in [4.78, 5) is 15.8. The molecule has 0 saturated carbocycles. The number of nitrogens with one attached hydrogen (secondary N) is 1.